The molecule has 2 aromatic heterocycles. The van der Waals surface area contributed by atoms with Gasteiger partial charge in [0.25, 0.3) is 5.91 Å². The van der Waals surface area contributed by atoms with E-state index in [1.807, 2.05) is 60.9 Å². The second kappa shape index (κ2) is 10.8. The molecule has 9 heteroatoms. The number of fused-ring (bicyclic) bond motifs is 1. The lowest BCUT2D eigenvalue weighted by atomic mass is 9.95. The first-order valence-corrected chi connectivity index (χ1v) is 15.1. The number of hydrogen-bond acceptors (Lipinski definition) is 6. The number of thioether (sulfide) groups is 1. The number of nitrogens with zero attached hydrogens (tertiary/aromatic N) is 3. The smallest absolute Gasteiger partial charge is 0.339 e. The van der Waals surface area contributed by atoms with Crippen molar-refractivity contribution < 1.29 is 19.4 Å². The highest BCUT2D eigenvalue weighted by Gasteiger charge is 2.36. The summed E-state index contributed by atoms with van der Waals surface area (Å²) in [5, 5.41) is 11.5. The first-order valence-electron chi connectivity index (χ1n) is 13.4. The fourth-order valence-electron chi connectivity index (χ4n) is 5.67. The van der Waals surface area contributed by atoms with E-state index < -0.39 is 5.97 Å². The van der Waals surface area contributed by atoms with Crippen LogP contribution in [0.2, 0.25) is 0 Å². The lowest BCUT2D eigenvalue weighted by Crippen LogP contribution is -2.36. The average Bonchev–Trinajstić information content (AvgIpc) is 3.68. The Morgan fingerprint density at radius 3 is 2.72 bits per heavy atom. The van der Waals surface area contributed by atoms with E-state index in [9.17, 15) is 14.7 Å². The van der Waals surface area contributed by atoms with Crippen molar-refractivity contribution in [3.63, 3.8) is 0 Å². The van der Waals surface area contributed by atoms with E-state index in [0.29, 0.717) is 22.2 Å². The Morgan fingerprint density at radius 1 is 1.18 bits per heavy atom. The maximum Gasteiger partial charge on any atom is 0.339 e. The monoisotopic (exact) mass is 561 g/mol. The topological polar surface area (TPSA) is 84.1 Å². The highest BCUT2D eigenvalue weighted by atomic mass is 32.2. The average molecular weight is 562 g/mol. The van der Waals surface area contributed by atoms with Crippen molar-refractivity contribution in [2.24, 2.45) is 4.99 Å². The number of carboxylic acids is 1. The summed E-state index contributed by atoms with van der Waals surface area (Å²) in [4.78, 5) is 34.4. The number of aromatic carboxylic acids is 1. The SMILES string of the molecule is Cc1cc(/C=C2\SC(=Nc3ccccc3)N(C[C@H]3CCCO3)C2=O)c(C)n1-c1sc2c(c1C(=O)O)CCCC2. The largest absolute Gasteiger partial charge is 0.478 e. The molecule has 1 aliphatic carbocycles. The molecule has 1 amide bonds. The summed E-state index contributed by atoms with van der Waals surface area (Å²) in [6.45, 7) is 5.20. The van der Waals surface area contributed by atoms with Gasteiger partial charge in [-0.05, 0) is 99.5 Å². The van der Waals surface area contributed by atoms with Crippen LogP contribution in [0.1, 0.15) is 63.4 Å². The minimum Gasteiger partial charge on any atom is -0.478 e. The van der Waals surface area contributed by atoms with Crippen molar-refractivity contribution in [1.82, 2.24) is 9.47 Å². The van der Waals surface area contributed by atoms with Gasteiger partial charge in [0, 0.05) is 22.9 Å². The van der Waals surface area contributed by atoms with E-state index in [-0.39, 0.29) is 12.0 Å². The Bertz CT molecular complexity index is 1500. The number of hydrogen-bond donors (Lipinski definition) is 1. The quantitative estimate of drug-likeness (QED) is 0.347. The molecular weight excluding hydrogens is 530 g/mol. The van der Waals surface area contributed by atoms with Crippen molar-refractivity contribution in [3.8, 4) is 5.00 Å². The molecule has 4 heterocycles. The lowest BCUT2D eigenvalue weighted by molar-refractivity contribution is -0.123. The lowest BCUT2D eigenvalue weighted by Gasteiger charge is -2.19. The fraction of sp³-hybridized carbons (Fsp3) is 0.367. The van der Waals surface area contributed by atoms with Crippen LogP contribution in [-0.2, 0) is 22.4 Å². The van der Waals surface area contributed by atoms with Crippen LogP contribution in [0.15, 0.2) is 46.3 Å². The molecule has 1 atom stereocenters. The van der Waals surface area contributed by atoms with E-state index in [2.05, 4.69) is 0 Å². The predicted octanol–water partition coefficient (Wildman–Crippen LogP) is 6.52. The molecule has 7 nitrogen and oxygen atoms in total. The van der Waals surface area contributed by atoms with Crippen LogP contribution in [-0.4, -0.2) is 50.9 Å². The molecule has 3 aliphatic rings. The summed E-state index contributed by atoms with van der Waals surface area (Å²) in [7, 11) is 0. The molecule has 6 rings (SSSR count). The number of rotatable bonds is 6. The molecule has 202 valence electrons. The Hall–Kier alpha value is -3.14. The van der Waals surface area contributed by atoms with Gasteiger partial charge in [0.1, 0.15) is 5.00 Å². The Balaban J connectivity index is 1.37. The van der Waals surface area contributed by atoms with Crippen LogP contribution in [0.5, 0.6) is 0 Å². The van der Waals surface area contributed by atoms with E-state index in [1.165, 1.54) is 16.6 Å². The first kappa shape index (κ1) is 26.1. The molecule has 0 unspecified atom stereocenters. The summed E-state index contributed by atoms with van der Waals surface area (Å²) in [5.74, 6) is -0.947. The Labute approximate surface area is 236 Å². The van der Waals surface area contributed by atoms with Gasteiger partial charge in [-0.1, -0.05) is 18.2 Å². The zero-order valence-corrected chi connectivity index (χ0v) is 23.7. The third-order valence-corrected chi connectivity index (χ3v) is 9.89. The molecule has 2 aliphatic heterocycles. The summed E-state index contributed by atoms with van der Waals surface area (Å²) >= 11 is 2.98. The van der Waals surface area contributed by atoms with Gasteiger partial charge in [0.05, 0.1) is 28.8 Å². The number of aryl methyl sites for hydroxylation is 2. The normalized spacial score (nSPS) is 21.3. The predicted molar refractivity (Wildman–Crippen MR) is 157 cm³/mol. The maximum atomic E-state index is 13.7. The molecule has 0 saturated carbocycles. The number of carboxylic acid groups (broad SMARTS) is 1. The van der Waals surface area contributed by atoms with Crippen LogP contribution in [0.25, 0.3) is 11.1 Å². The molecule has 2 saturated heterocycles. The standard InChI is InChI=1S/C30H31N3O4S2/c1-18-15-20(19(2)33(18)28-26(29(35)36)23-12-6-7-13-24(23)38-28)16-25-27(34)32(17-22-11-8-14-37-22)30(39-25)31-21-9-4-3-5-10-21/h3-5,9-10,15-16,22H,6-8,11-14,17H2,1-2H3,(H,35,36)/b25-16-,31-30?/t22-/m1/s1. The van der Waals surface area contributed by atoms with Crippen LogP contribution in [0.3, 0.4) is 0 Å². The van der Waals surface area contributed by atoms with E-state index in [1.54, 1.807) is 16.2 Å². The molecule has 1 aromatic carbocycles. The van der Waals surface area contributed by atoms with Gasteiger partial charge in [-0.3, -0.25) is 9.69 Å². The van der Waals surface area contributed by atoms with Crippen LogP contribution < -0.4 is 0 Å². The highest BCUT2D eigenvalue weighted by Crippen LogP contribution is 2.40. The van der Waals surface area contributed by atoms with Gasteiger partial charge < -0.3 is 14.4 Å². The van der Waals surface area contributed by atoms with Gasteiger partial charge in [-0.2, -0.15) is 0 Å². The van der Waals surface area contributed by atoms with Crippen molar-refractivity contribution in [2.75, 3.05) is 13.2 Å². The number of aliphatic imine (C=N–C) groups is 1. The summed E-state index contributed by atoms with van der Waals surface area (Å²) in [6.07, 6.45) is 7.76. The third-order valence-electron chi connectivity index (χ3n) is 7.61. The molecule has 1 N–H and O–H groups in total. The molecule has 39 heavy (non-hydrogen) atoms. The minimum absolute atomic E-state index is 0.0132. The van der Waals surface area contributed by atoms with E-state index >= 15 is 0 Å². The number of amides is 1. The Kier molecular flexibility index (Phi) is 7.22. The molecule has 0 radical (unpaired) electrons. The second-order valence-electron chi connectivity index (χ2n) is 10.2. The van der Waals surface area contributed by atoms with E-state index in [0.717, 1.165) is 78.3 Å². The molecule has 2 fully saturated rings. The van der Waals surface area contributed by atoms with Crippen molar-refractivity contribution in [3.05, 3.63) is 74.3 Å². The van der Waals surface area contributed by atoms with Gasteiger partial charge in [-0.25, -0.2) is 9.79 Å². The molecule has 3 aromatic rings. The second-order valence-corrected chi connectivity index (χ2v) is 12.3. The summed E-state index contributed by atoms with van der Waals surface area (Å²) in [6, 6.07) is 11.7. The van der Waals surface area contributed by atoms with Crippen LogP contribution >= 0.6 is 23.1 Å². The highest BCUT2D eigenvalue weighted by molar-refractivity contribution is 8.18. The Morgan fingerprint density at radius 2 is 1.97 bits per heavy atom. The fourth-order valence-corrected chi connectivity index (χ4v) is 8.16. The number of amidine groups is 1. The minimum atomic E-state index is -0.870. The maximum absolute atomic E-state index is 13.7. The van der Waals surface area contributed by atoms with Crippen LogP contribution in [0.4, 0.5) is 5.69 Å². The summed E-state index contributed by atoms with van der Waals surface area (Å²) < 4.78 is 7.89. The van der Waals surface area contributed by atoms with Gasteiger partial charge >= 0.3 is 5.97 Å². The van der Waals surface area contributed by atoms with Crippen molar-refractivity contribution >= 4 is 51.9 Å². The van der Waals surface area contributed by atoms with Crippen LogP contribution in [0, 0.1) is 13.8 Å². The number of carbonyl (C=O) groups excluding carboxylic acids is 1. The number of thiophene rings is 1. The third kappa shape index (κ3) is 4.99. The van der Waals surface area contributed by atoms with E-state index in [4.69, 9.17) is 9.73 Å². The molecular formula is C30H31N3O4S2. The van der Waals surface area contributed by atoms with Gasteiger partial charge in [0.2, 0.25) is 0 Å². The number of aromatic nitrogens is 1. The summed E-state index contributed by atoms with van der Waals surface area (Å²) in [5.41, 5.74) is 5.01. The van der Waals surface area contributed by atoms with Crippen molar-refractivity contribution in [2.45, 2.75) is 58.5 Å². The molecule has 0 bridgehead atoms. The number of carbonyl (C=O) groups is 2. The number of benzene rings is 1. The zero-order valence-electron chi connectivity index (χ0n) is 22.1. The van der Waals surface area contributed by atoms with Gasteiger partial charge in [-0.15, -0.1) is 11.3 Å². The van der Waals surface area contributed by atoms with Crippen molar-refractivity contribution in [1.29, 1.82) is 0 Å². The zero-order chi connectivity index (χ0) is 27.1. The van der Waals surface area contributed by atoms with Gasteiger partial charge in [0.15, 0.2) is 5.17 Å². The number of para-hydroxylation sites is 1. The number of ether oxygens (including phenoxy) is 1. The first-order chi connectivity index (χ1) is 18.9. The molecule has 0 spiro atoms.